The quantitative estimate of drug-likeness (QED) is 0.857. The fourth-order valence-corrected chi connectivity index (χ4v) is 2.76. The number of halogens is 1. The number of hydrogen-bond donors (Lipinski definition) is 1. The first-order valence-electron chi connectivity index (χ1n) is 6.23. The van der Waals surface area contributed by atoms with Gasteiger partial charge < -0.3 is 10.6 Å². The minimum Gasteiger partial charge on any atom is -0.359 e. The minimum atomic E-state index is 0.438. The molecule has 0 saturated heterocycles. The van der Waals surface area contributed by atoms with Crippen molar-refractivity contribution >= 4 is 28.4 Å². The van der Waals surface area contributed by atoms with Gasteiger partial charge in [0.15, 0.2) is 0 Å². The molecular formula is C13H20IN3. The summed E-state index contributed by atoms with van der Waals surface area (Å²) in [7, 11) is 2.13. The van der Waals surface area contributed by atoms with Crippen LogP contribution < -0.4 is 10.6 Å². The van der Waals surface area contributed by atoms with Crippen LogP contribution in [-0.4, -0.2) is 24.6 Å². The fraction of sp³-hybridized carbons (Fsp3) is 0.615. The summed E-state index contributed by atoms with van der Waals surface area (Å²) in [6, 6.07) is 4.64. The van der Waals surface area contributed by atoms with E-state index in [0.717, 1.165) is 18.3 Å². The van der Waals surface area contributed by atoms with Gasteiger partial charge in [-0.15, -0.1) is 0 Å². The molecule has 3 nitrogen and oxygen atoms in total. The van der Waals surface area contributed by atoms with Crippen LogP contribution in [0.1, 0.15) is 25.7 Å². The van der Waals surface area contributed by atoms with Crippen LogP contribution in [0.2, 0.25) is 0 Å². The largest absolute Gasteiger partial charge is 0.359 e. The van der Waals surface area contributed by atoms with Crippen molar-refractivity contribution in [1.82, 2.24) is 4.98 Å². The second-order valence-corrected chi connectivity index (χ2v) is 6.24. The molecule has 2 rings (SSSR count). The van der Waals surface area contributed by atoms with Gasteiger partial charge in [0.1, 0.15) is 5.82 Å². The van der Waals surface area contributed by atoms with Gasteiger partial charge in [0, 0.05) is 29.4 Å². The van der Waals surface area contributed by atoms with Gasteiger partial charge in [-0.05, 0) is 66.3 Å². The smallest absolute Gasteiger partial charge is 0.128 e. The Morgan fingerprint density at radius 1 is 1.35 bits per heavy atom. The van der Waals surface area contributed by atoms with Crippen molar-refractivity contribution in [2.24, 2.45) is 11.7 Å². The van der Waals surface area contributed by atoms with Crippen LogP contribution in [-0.2, 0) is 0 Å². The van der Waals surface area contributed by atoms with Crippen LogP contribution in [0.3, 0.4) is 0 Å². The van der Waals surface area contributed by atoms with Gasteiger partial charge in [-0.2, -0.15) is 0 Å². The summed E-state index contributed by atoms with van der Waals surface area (Å²) < 4.78 is 1.18. The fourth-order valence-electron chi connectivity index (χ4n) is 2.45. The standard InChI is InChI=1S/C13H20IN3/c1-17(13-7-4-11(14)8-16-13)9-10-2-5-12(15)6-3-10/h4,7-8,10,12H,2-3,5-6,9,15H2,1H3. The first-order chi connectivity index (χ1) is 8.15. The van der Waals surface area contributed by atoms with E-state index in [1.165, 1.54) is 29.3 Å². The molecule has 1 aliphatic carbocycles. The van der Waals surface area contributed by atoms with Crippen LogP contribution >= 0.6 is 22.6 Å². The van der Waals surface area contributed by atoms with Crippen molar-refractivity contribution in [2.45, 2.75) is 31.7 Å². The van der Waals surface area contributed by atoms with Crippen LogP contribution in [0.5, 0.6) is 0 Å². The summed E-state index contributed by atoms with van der Waals surface area (Å²) in [5.74, 6) is 1.85. The van der Waals surface area contributed by atoms with E-state index in [9.17, 15) is 0 Å². The summed E-state index contributed by atoms with van der Waals surface area (Å²) in [5, 5.41) is 0. The lowest BCUT2D eigenvalue weighted by Crippen LogP contribution is -2.32. The van der Waals surface area contributed by atoms with Crippen molar-refractivity contribution < 1.29 is 0 Å². The Hall–Kier alpha value is -0.360. The maximum atomic E-state index is 5.93. The van der Waals surface area contributed by atoms with Crippen molar-refractivity contribution in [1.29, 1.82) is 0 Å². The molecule has 0 unspecified atom stereocenters. The average Bonchev–Trinajstić information content (AvgIpc) is 2.33. The molecule has 0 atom stereocenters. The number of pyridine rings is 1. The molecule has 4 heteroatoms. The van der Waals surface area contributed by atoms with E-state index in [1.807, 2.05) is 6.20 Å². The van der Waals surface area contributed by atoms with Gasteiger partial charge in [0.2, 0.25) is 0 Å². The third kappa shape index (κ3) is 3.81. The molecule has 1 heterocycles. The Labute approximate surface area is 117 Å². The lowest BCUT2D eigenvalue weighted by Gasteiger charge is -2.30. The summed E-state index contributed by atoms with van der Waals surface area (Å²) in [6.45, 7) is 1.10. The van der Waals surface area contributed by atoms with E-state index in [-0.39, 0.29) is 0 Å². The molecular weight excluding hydrogens is 325 g/mol. The van der Waals surface area contributed by atoms with Crippen molar-refractivity contribution in [3.63, 3.8) is 0 Å². The molecule has 1 aromatic rings. The number of nitrogens with zero attached hydrogens (tertiary/aromatic N) is 2. The number of nitrogens with two attached hydrogens (primary N) is 1. The van der Waals surface area contributed by atoms with Gasteiger partial charge in [-0.25, -0.2) is 4.98 Å². The highest BCUT2D eigenvalue weighted by molar-refractivity contribution is 14.1. The molecule has 1 aromatic heterocycles. The molecule has 0 radical (unpaired) electrons. The third-order valence-corrected chi connectivity index (χ3v) is 4.16. The molecule has 1 saturated carbocycles. The topological polar surface area (TPSA) is 42.1 Å². The molecule has 2 N–H and O–H groups in total. The van der Waals surface area contributed by atoms with Crippen molar-refractivity contribution in [3.8, 4) is 0 Å². The zero-order chi connectivity index (χ0) is 12.3. The van der Waals surface area contributed by atoms with Crippen LogP contribution in [0.4, 0.5) is 5.82 Å². The van der Waals surface area contributed by atoms with E-state index in [4.69, 9.17) is 5.73 Å². The Kier molecular flexibility index (Phi) is 4.62. The normalized spacial score (nSPS) is 24.6. The first-order valence-corrected chi connectivity index (χ1v) is 7.31. The highest BCUT2D eigenvalue weighted by atomic mass is 127. The first kappa shape index (κ1) is 13.1. The zero-order valence-electron chi connectivity index (χ0n) is 10.3. The SMILES string of the molecule is CN(CC1CCC(N)CC1)c1ccc(I)cn1. The van der Waals surface area contributed by atoms with E-state index in [2.05, 4.69) is 51.7 Å². The summed E-state index contributed by atoms with van der Waals surface area (Å²) in [5.41, 5.74) is 5.93. The highest BCUT2D eigenvalue weighted by Gasteiger charge is 2.20. The molecule has 0 amide bonds. The molecule has 1 aliphatic rings. The monoisotopic (exact) mass is 345 g/mol. The van der Waals surface area contributed by atoms with Gasteiger partial charge >= 0.3 is 0 Å². The summed E-state index contributed by atoms with van der Waals surface area (Å²) >= 11 is 2.28. The lowest BCUT2D eigenvalue weighted by atomic mass is 9.86. The third-order valence-electron chi connectivity index (χ3n) is 3.53. The van der Waals surface area contributed by atoms with Gasteiger partial charge in [-0.1, -0.05) is 0 Å². The molecule has 0 bridgehead atoms. The predicted molar refractivity (Wildman–Crippen MR) is 80.2 cm³/mol. The van der Waals surface area contributed by atoms with Crippen LogP contribution in [0.25, 0.3) is 0 Å². The minimum absolute atomic E-state index is 0.438. The lowest BCUT2D eigenvalue weighted by molar-refractivity contribution is 0.329. The Morgan fingerprint density at radius 2 is 2.06 bits per heavy atom. The van der Waals surface area contributed by atoms with Crippen molar-refractivity contribution in [2.75, 3.05) is 18.5 Å². The van der Waals surface area contributed by atoms with Gasteiger partial charge in [0.25, 0.3) is 0 Å². The maximum absolute atomic E-state index is 5.93. The summed E-state index contributed by atoms with van der Waals surface area (Å²) in [6.07, 6.45) is 6.80. The Bertz CT molecular complexity index is 344. The molecule has 0 aromatic carbocycles. The number of anilines is 1. The second kappa shape index (κ2) is 6.00. The molecule has 94 valence electrons. The number of aromatic nitrogens is 1. The molecule has 0 aliphatic heterocycles. The maximum Gasteiger partial charge on any atom is 0.128 e. The number of hydrogen-bond acceptors (Lipinski definition) is 3. The van der Waals surface area contributed by atoms with Crippen molar-refractivity contribution in [3.05, 3.63) is 21.9 Å². The summed E-state index contributed by atoms with van der Waals surface area (Å²) in [4.78, 5) is 6.71. The predicted octanol–water partition coefficient (Wildman–Crippen LogP) is 2.64. The van der Waals surface area contributed by atoms with E-state index >= 15 is 0 Å². The van der Waals surface area contributed by atoms with E-state index in [0.29, 0.717) is 6.04 Å². The molecule has 1 fully saturated rings. The average molecular weight is 345 g/mol. The molecule has 0 spiro atoms. The van der Waals surface area contributed by atoms with E-state index in [1.54, 1.807) is 0 Å². The molecule has 17 heavy (non-hydrogen) atoms. The Morgan fingerprint density at radius 3 is 2.65 bits per heavy atom. The zero-order valence-corrected chi connectivity index (χ0v) is 12.4. The van der Waals surface area contributed by atoms with Gasteiger partial charge in [0.05, 0.1) is 0 Å². The Balaban J connectivity index is 1.88. The highest BCUT2D eigenvalue weighted by Crippen LogP contribution is 2.25. The van der Waals surface area contributed by atoms with Crippen LogP contribution in [0.15, 0.2) is 18.3 Å². The number of rotatable bonds is 3. The second-order valence-electron chi connectivity index (χ2n) is 5.00. The van der Waals surface area contributed by atoms with Crippen LogP contribution in [0, 0.1) is 9.49 Å². The van der Waals surface area contributed by atoms with E-state index < -0.39 is 0 Å². The van der Waals surface area contributed by atoms with Gasteiger partial charge in [-0.3, -0.25) is 0 Å².